The Labute approximate surface area is 125 Å². The number of phenolic OH excluding ortho intramolecular Hbond substituents is 1. The lowest BCUT2D eigenvalue weighted by Gasteiger charge is -1.99. The van der Waals surface area contributed by atoms with Crippen molar-refractivity contribution in [2.24, 2.45) is 10.2 Å². The smallest absolute Gasteiger partial charge is 0.337 e. The van der Waals surface area contributed by atoms with Crippen LogP contribution < -0.4 is 0 Å². The Kier molecular flexibility index (Phi) is 3.30. The third-order valence-corrected chi connectivity index (χ3v) is 3.10. The van der Waals surface area contributed by atoms with Crippen LogP contribution in [0.3, 0.4) is 0 Å². The van der Waals surface area contributed by atoms with E-state index in [1.54, 1.807) is 29.5 Å². The number of carbonyl (C=O) groups is 1. The molecule has 0 bridgehead atoms. The zero-order valence-corrected chi connectivity index (χ0v) is 11.6. The van der Waals surface area contributed by atoms with Gasteiger partial charge in [-0.3, -0.25) is 4.40 Å². The molecule has 0 fully saturated rings. The Morgan fingerprint density at radius 2 is 2.05 bits per heavy atom. The molecule has 0 aliphatic rings. The molecule has 0 spiro atoms. The van der Waals surface area contributed by atoms with Crippen LogP contribution in [0.4, 0.5) is 11.5 Å². The van der Waals surface area contributed by atoms with Crippen molar-refractivity contribution < 1.29 is 15.0 Å². The highest BCUT2D eigenvalue weighted by molar-refractivity contribution is 5.87. The Morgan fingerprint density at radius 3 is 2.77 bits per heavy atom. The van der Waals surface area contributed by atoms with Crippen LogP contribution in [0.25, 0.3) is 5.65 Å². The van der Waals surface area contributed by atoms with Gasteiger partial charge in [-0.25, -0.2) is 9.78 Å². The van der Waals surface area contributed by atoms with Gasteiger partial charge in [0.15, 0.2) is 5.82 Å². The minimum atomic E-state index is -1.02. The Balaban J connectivity index is 2.07. The maximum atomic E-state index is 11.1. The first kappa shape index (κ1) is 13.7. The lowest BCUT2D eigenvalue weighted by Crippen LogP contribution is -1.98. The number of pyridine rings is 1. The predicted molar refractivity (Wildman–Crippen MR) is 79.2 cm³/mol. The molecule has 0 saturated heterocycles. The summed E-state index contributed by atoms with van der Waals surface area (Å²) in [7, 11) is 0. The summed E-state index contributed by atoms with van der Waals surface area (Å²) in [6.07, 6.45) is 1.45. The molecule has 7 heteroatoms. The number of aromatic carboxylic acids is 1. The number of fused-ring (bicyclic) bond motifs is 1. The Hall–Kier alpha value is -3.22. The molecule has 0 amide bonds. The van der Waals surface area contributed by atoms with Crippen molar-refractivity contribution in [1.82, 2.24) is 9.38 Å². The molecule has 3 aromatic rings. The van der Waals surface area contributed by atoms with E-state index < -0.39 is 5.97 Å². The molecule has 22 heavy (non-hydrogen) atoms. The van der Waals surface area contributed by atoms with Gasteiger partial charge in [0.05, 0.1) is 16.9 Å². The topological polar surface area (TPSA) is 99.5 Å². The molecule has 7 nitrogen and oxygen atoms in total. The number of aromatic hydroxyl groups is 1. The lowest BCUT2D eigenvalue weighted by atomic mass is 10.3. The van der Waals surface area contributed by atoms with E-state index in [0.717, 1.165) is 0 Å². The first-order valence-electron chi connectivity index (χ1n) is 6.47. The second-order valence-electron chi connectivity index (χ2n) is 4.69. The standard InChI is InChI=1S/C15H12N4O3/c1-9-14(18-17-11-3-2-4-12(20)7-11)19-8-10(15(21)22)5-6-13(19)16-9/h2-8,20H,1H3,(H,21,22). The number of rotatable bonds is 3. The van der Waals surface area contributed by atoms with E-state index in [2.05, 4.69) is 15.2 Å². The third-order valence-electron chi connectivity index (χ3n) is 3.10. The van der Waals surface area contributed by atoms with Gasteiger partial charge < -0.3 is 10.2 Å². The number of carboxylic acids is 1. The fraction of sp³-hybridized carbons (Fsp3) is 0.0667. The van der Waals surface area contributed by atoms with Crippen molar-refractivity contribution in [3.63, 3.8) is 0 Å². The summed E-state index contributed by atoms with van der Waals surface area (Å²) in [5, 5.41) is 26.7. The first-order valence-corrected chi connectivity index (χ1v) is 6.47. The van der Waals surface area contributed by atoms with Crippen molar-refractivity contribution in [2.75, 3.05) is 0 Å². The predicted octanol–water partition coefficient (Wildman–Crippen LogP) is 3.46. The van der Waals surface area contributed by atoms with E-state index in [4.69, 9.17) is 5.11 Å². The minimum absolute atomic E-state index is 0.0967. The lowest BCUT2D eigenvalue weighted by molar-refractivity contribution is 0.0696. The van der Waals surface area contributed by atoms with Crippen LogP contribution in [0.5, 0.6) is 5.75 Å². The van der Waals surface area contributed by atoms with Crippen LogP contribution in [0, 0.1) is 6.92 Å². The summed E-state index contributed by atoms with van der Waals surface area (Å²) in [6, 6.07) is 9.48. The maximum Gasteiger partial charge on any atom is 0.337 e. The van der Waals surface area contributed by atoms with E-state index in [0.29, 0.717) is 22.8 Å². The van der Waals surface area contributed by atoms with Crippen LogP contribution in [0.15, 0.2) is 52.8 Å². The summed E-state index contributed by atoms with van der Waals surface area (Å²) in [5.74, 6) is -0.481. The molecule has 2 heterocycles. The van der Waals surface area contributed by atoms with Gasteiger partial charge in [-0.15, -0.1) is 10.2 Å². The highest BCUT2D eigenvalue weighted by Gasteiger charge is 2.11. The number of azo groups is 1. The number of carboxylic acid groups (broad SMARTS) is 1. The number of hydrogen-bond donors (Lipinski definition) is 2. The quantitative estimate of drug-likeness (QED) is 0.723. The number of imidazole rings is 1. The van der Waals surface area contributed by atoms with Gasteiger partial charge in [-0.2, -0.15) is 0 Å². The second-order valence-corrected chi connectivity index (χ2v) is 4.69. The van der Waals surface area contributed by atoms with Gasteiger partial charge in [0.2, 0.25) is 0 Å². The van der Waals surface area contributed by atoms with E-state index in [9.17, 15) is 9.90 Å². The Morgan fingerprint density at radius 1 is 1.23 bits per heavy atom. The van der Waals surface area contributed by atoms with Crippen molar-refractivity contribution >= 4 is 23.1 Å². The van der Waals surface area contributed by atoms with Crippen molar-refractivity contribution in [2.45, 2.75) is 6.92 Å². The second kappa shape index (κ2) is 5.28. The maximum absolute atomic E-state index is 11.1. The number of aryl methyl sites for hydroxylation is 1. The summed E-state index contributed by atoms with van der Waals surface area (Å²) >= 11 is 0. The van der Waals surface area contributed by atoms with E-state index in [1.165, 1.54) is 24.4 Å². The average molecular weight is 296 g/mol. The van der Waals surface area contributed by atoms with Crippen LogP contribution >= 0.6 is 0 Å². The molecule has 2 aromatic heterocycles. The molecule has 0 atom stereocenters. The molecule has 110 valence electrons. The fourth-order valence-electron chi connectivity index (χ4n) is 2.06. The van der Waals surface area contributed by atoms with Gasteiger partial charge >= 0.3 is 5.97 Å². The average Bonchev–Trinajstić information content (AvgIpc) is 2.79. The fourth-order valence-corrected chi connectivity index (χ4v) is 2.06. The van der Waals surface area contributed by atoms with Gasteiger partial charge in [-0.1, -0.05) is 6.07 Å². The zero-order valence-electron chi connectivity index (χ0n) is 11.6. The highest BCUT2D eigenvalue weighted by Crippen LogP contribution is 2.25. The number of nitrogens with zero attached hydrogens (tertiary/aromatic N) is 4. The molecule has 3 rings (SSSR count). The molecule has 1 aromatic carbocycles. The SMILES string of the molecule is Cc1nc2ccc(C(=O)O)cn2c1N=Nc1cccc(O)c1. The largest absolute Gasteiger partial charge is 0.508 e. The van der Waals surface area contributed by atoms with E-state index >= 15 is 0 Å². The number of aromatic nitrogens is 2. The summed E-state index contributed by atoms with van der Waals surface area (Å²) in [4.78, 5) is 15.4. The number of hydrogen-bond acceptors (Lipinski definition) is 5. The van der Waals surface area contributed by atoms with Crippen LogP contribution in [0.2, 0.25) is 0 Å². The number of benzene rings is 1. The molecule has 0 saturated carbocycles. The monoisotopic (exact) mass is 296 g/mol. The van der Waals surface area contributed by atoms with Crippen molar-refractivity contribution in [3.8, 4) is 5.75 Å². The molecule has 2 N–H and O–H groups in total. The molecule has 0 unspecified atom stereocenters. The Bertz CT molecular complexity index is 899. The first-order chi connectivity index (χ1) is 10.5. The van der Waals surface area contributed by atoms with Crippen LogP contribution in [0.1, 0.15) is 16.1 Å². The molecule has 0 aliphatic carbocycles. The van der Waals surface area contributed by atoms with Crippen LogP contribution in [-0.2, 0) is 0 Å². The number of phenols is 1. The van der Waals surface area contributed by atoms with Gasteiger partial charge in [0.1, 0.15) is 11.4 Å². The van der Waals surface area contributed by atoms with E-state index in [1.807, 2.05) is 0 Å². The zero-order chi connectivity index (χ0) is 15.7. The van der Waals surface area contributed by atoms with Crippen molar-refractivity contribution in [3.05, 3.63) is 53.9 Å². The van der Waals surface area contributed by atoms with E-state index in [-0.39, 0.29) is 11.3 Å². The third kappa shape index (κ3) is 2.51. The molecule has 0 radical (unpaired) electrons. The van der Waals surface area contributed by atoms with Crippen LogP contribution in [-0.4, -0.2) is 25.6 Å². The molecule has 0 aliphatic heterocycles. The van der Waals surface area contributed by atoms with Crippen molar-refractivity contribution in [1.29, 1.82) is 0 Å². The summed E-state index contributed by atoms with van der Waals surface area (Å²) in [6.45, 7) is 1.77. The molecular weight excluding hydrogens is 284 g/mol. The summed E-state index contributed by atoms with van der Waals surface area (Å²) < 4.78 is 1.57. The van der Waals surface area contributed by atoms with Gasteiger partial charge in [0, 0.05) is 12.3 Å². The minimum Gasteiger partial charge on any atom is -0.508 e. The highest BCUT2D eigenvalue weighted by atomic mass is 16.4. The van der Waals surface area contributed by atoms with Gasteiger partial charge in [0.25, 0.3) is 0 Å². The molecular formula is C15H12N4O3. The summed E-state index contributed by atoms with van der Waals surface area (Å²) in [5.41, 5.74) is 1.85. The normalized spacial score (nSPS) is 11.3. The van der Waals surface area contributed by atoms with Gasteiger partial charge in [-0.05, 0) is 31.2 Å².